The second-order valence-electron chi connectivity index (χ2n) is 7.60. The van der Waals surface area contributed by atoms with Gasteiger partial charge >= 0.3 is 0 Å². The van der Waals surface area contributed by atoms with Crippen LogP contribution in [0.25, 0.3) is 22.2 Å². The van der Waals surface area contributed by atoms with Gasteiger partial charge in [-0.25, -0.2) is 0 Å². The Morgan fingerprint density at radius 3 is 2.75 bits per heavy atom. The van der Waals surface area contributed by atoms with Crippen molar-refractivity contribution in [2.45, 2.75) is 25.4 Å². The van der Waals surface area contributed by atoms with Crippen LogP contribution < -0.4 is 5.32 Å². The van der Waals surface area contributed by atoms with Gasteiger partial charge in [0.15, 0.2) is 0 Å². The Morgan fingerprint density at radius 2 is 2.00 bits per heavy atom. The summed E-state index contributed by atoms with van der Waals surface area (Å²) in [4.78, 5) is 6.82. The number of hydrogen-bond donors (Lipinski definition) is 1. The van der Waals surface area contributed by atoms with Crippen molar-refractivity contribution in [3.63, 3.8) is 0 Å². The highest BCUT2D eigenvalue weighted by molar-refractivity contribution is 6.31. The van der Waals surface area contributed by atoms with Crippen LogP contribution in [0.3, 0.4) is 0 Å². The molecule has 1 N–H and O–H groups in total. The van der Waals surface area contributed by atoms with Crippen molar-refractivity contribution in [1.82, 2.24) is 19.8 Å². The molecule has 1 aromatic carbocycles. The predicted molar refractivity (Wildman–Crippen MR) is 113 cm³/mol. The molecule has 3 heterocycles. The van der Waals surface area contributed by atoms with Crippen LogP contribution >= 0.6 is 11.6 Å². The number of aromatic nitrogens is 2. The third-order valence-corrected chi connectivity index (χ3v) is 5.89. The highest BCUT2D eigenvalue weighted by Gasteiger charge is 2.18. The first-order valence-corrected chi connectivity index (χ1v) is 9.99. The largest absolute Gasteiger partial charge is 0.342 e. The molecule has 1 aliphatic heterocycles. The summed E-state index contributed by atoms with van der Waals surface area (Å²) in [6.07, 6.45) is 6.07. The van der Waals surface area contributed by atoms with Gasteiger partial charge in [-0.2, -0.15) is 5.26 Å². The van der Waals surface area contributed by atoms with Crippen molar-refractivity contribution >= 4 is 22.5 Å². The number of piperidine rings is 1. The fraction of sp³-hybridized carbons (Fsp3) is 0.364. The van der Waals surface area contributed by atoms with Gasteiger partial charge in [0.05, 0.1) is 16.8 Å². The number of halogens is 1. The smallest absolute Gasteiger partial charge is 0.102 e. The lowest BCUT2D eigenvalue weighted by atomic mass is 10.0. The van der Waals surface area contributed by atoms with E-state index in [4.69, 9.17) is 11.6 Å². The Labute approximate surface area is 170 Å². The molecule has 0 bridgehead atoms. The molecule has 1 aliphatic rings. The fourth-order valence-electron chi connectivity index (χ4n) is 4.05. The lowest BCUT2D eigenvalue weighted by Crippen LogP contribution is -2.40. The molecular weight excluding hydrogens is 370 g/mol. The zero-order chi connectivity index (χ0) is 19.7. The van der Waals surface area contributed by atoms with Crippen LogP contribution in [0.5, 0.6) is 0 Å². The molecule has 144 valence electrons. The van der Waals surface area contributed by atoms with Gasteiger partial charge in [0.1, 0.15) is 6.07 Å². The van der Waals surface area contributed by atoms with Gasteiger partial charge < -0.3 is 14.8 Å². The number of likely N-dealkylation sites (tertiary alicyclic amines) is 1. The number of nitrogens with zero attached hydrogens (tertiary/aromatic N) is 4. The maximum Gasteiger partial charge on any atom is 0.102 e. The molecule has 0 radical (unpaired) electrons. The molecule has 5 nitrogen and oxygen atoms in total. The minimum atomic E-state index is 0.550. The number of benzene rings is 1. The van der Waals surface area contributed by atoms with Crippen LogP contribution in [-0.4, -0.2) is 40.6 Å². The van der Waals surface area contributed by atoms with E-state index in [2.05, 4.69) is 34.4 Å². The molecule has 0 atom stereocenters. The molecule has 4 rings (SSSR count). The summed E-state index contributed by atoms with van der Waals surface area (Å²) in [6, 6.07) is 10.7. The predicted octanol–water partition coefficient (Wildman–Crippen LogP) is 3.95. The standard InChI is InChI=1S/C22H24ClN5/c1-27-7-5-18(6-8-27)26-13-15-9-16(14-25-12-15)22-20(11-24)19-4-3-17(23)10-21(19)28(22)2/h3-4,9-10,12,14,18,26H,5-8,13H2,1-2H3. The summed E-state index contributed by atoms with van der Waals surface area (Å²) in [6.45, 7) is 3.06. The topological polar surface area (TPSA) is 56.9 Å². The SMILES string of the molecule is CN1CCC(NCc2cncc(-c3c(C#N)c4ccc(Cl)cc4n3C)c2)CC1. The van der Waals surface area contributed by atoms with Crippen molar-refractivity contribution in [2.24, 2.45) is 7.05 Å². The van der Waals surface area contributed by atoms with Crippen molar-refractivity contribution in [3.05, 3.63) is 52.8 Å². The van der Waals surface area contributed by atoms with Crippen LogP contribution in [0.1, 0.15) is 24.0 Å². The van der Waals surface area contributed by atoms with Crippen molar-refractivity contribution in [3.8, 4) is 17.3 Å². The molecule has 2 aromatic heterocycles. The minimum Gasteiger partial charge on any atom is -0.342 e. The van der Waals surface area contributed by atoms with Gasteiger partial charge in [0.2, 0.25) is 0 Å². The first-order chi connectivity index (χ1) is 13.6. The Bertz CT molecular complexity index is 1040. The number of nitriles is 1. The van der Waals surface area contributed by atoms with Crippen molar-refractivity contribution in [1.29, 1.82) is 5.26 Å². The van der Waals surface area contributed by atoms with Crippen LogP contribution in [0, 0.1) is 11.3 Å². The lowest BCUT2D eigenvalue weighted by Gasteiger charge is -2.29. The Balaban J connectivity index is 1.63. The maximum atomic E-state index is 9.79. The molecule has 1 saturated heterocycles. The van der Waals surface area contributed by atoms with E-state index in [0.29, 0.717) is 16.6 Å². The highest BCUT2D eigenvalue weighted by atomic mass is 35.5. The van der Waals surface area contributed by atoms with Crippen LogP contribution in [0.2, 0.25) is 5.02 Å². The Morgan fingerprint density at radius 1 is 1.21 bits per heavy atom. The van der Waals surface area contributed by atoms with Crippen LogP contribution in [0.15, 0.2) is 36.7 Å². The van der Waals surface area contributed by atoms with Crippen LogP contribution in [0.4, 0.5) is 0 Å². The molecular formula is C22H24ClN5. The number of nitrogens with one attached hydrogen (secondary N) is 1. The molecule has 0 spiro atoms. The van der Waals surface area contributed by atoms with E-state index in [-0.39, 0.29) is 0 Å². The zero-order valence-corrected chi connectivity index (χ0v) is 17.0. The molecule has 0 saturated carbocycles. The second-order valence-corrected chi connectivity index (χ2v) is 8.03. The molecule has 28 heavy (non-hydrogen) atoms. The van der Waals surface area contributed by atoms with Crippen molar-refractivity contribution in [2.75, 3.05) is 20.1 Å². The summed E-state index contributed by atoms with van der Waals surface area (Å²) in [7, 11) is 4.14. The zero-order valence-electron chi connectivity index (χ0n) is 16.2. The minimum absolute atomic E-state index is 0.550. The monoisotopic (exact) mass is 393 g/mol. The molecule has 0 aliphatic carbocycles. The Kier molecular flexibility index (Phi) is 5.36. The van der Waals surface area contributed by atoms with Gasteiger partial charge in [-0.3, -0.25) is 4.98 Å². The molecule has 6 heteroatoms. The van der Waals surface area contributed by atoms with E-state index in [1.54, 1.807) is 0 Å². The third kappa shape index (κ3) is 3.64. The normalized spacial score (nSPS) is 15.8. The van der Waals surface area contributed by atoms with E-state index in [0.717, 1.165) is 47.4 Å². The highest BCUT2D eigenvalue weighted by Crippen LogP contribution is 2.33. The van der Waals surface area contributed by atoms with E-state index < -0.39 is 0 Å². The van der Waals surface area contributed by atoms with Crippen molar-refractivity contribution < 1.29 is 0 Å². The van der Waals surface area contributed by atoms with Crippen LogP contribution in [-0.2, 0) is 13.6 Å². The molecule has 0 unspecified atom stereocenters. The van der Waals surface area contributed by atoms with Gasteiger partial charge in [-0.15, -0.1) is 0 Å². The van der Waals surface area contributed by atoms with Gasteiger partial charge in [0.25, 0.3) is 0 Å². The summed E-state index contributed by atoms with van der Waals surface area (Å²) in [5.74, 6) is 0. The average Bonchev–Trinajstić information content (AvgIpc) is 2.99. The summed E-state index contributed by atoms with van der Waals surface area (Å²) < 4.78 is 2.03. The van der Waals surface area contributed by atoms with Gasteiger partial charge in [0, 0.05) is 48.0 Å². The number of hydrogen-bond acceptors (Lipinski definition) is 4. The summed E-state index contributed by atoms with van der Waals surface area (Å²) in [5.41, 5.74) is 4.58. The number of rotatable bonds is 4. The van der Waals surface area contributed by atoms with E-state index in [1.165, 1.54) is 12.8 Å². The summed E-state index contributed by atoms with van der Waals surface area (Å²) >= 11 is 6.17. The van der Waals surface area contributed by atoms with Gasteiger partial charge in [-0.05, 0) is 62.8 Å². The number of pyridine rings is 1. The summed E-state index contributed by atoms with van der Waals surface area (Å²) in [5, 5.41) is 15.0. The lowest BCUT2D eigenvalue weighted by molar-refractivity contribution is 0.234. The quantitative estimate of drug-likeness (QED) is 0.729. The molecule has 0 amide bonds. The first-order valence-electron chi connectivity index (χ1n) is 9.61. The number of aryl methyl sites for hydroxylation is 1. The van der Waals surface area contributed by atoms with E-state index >= 15 is 0 Å². The van der Waals surface area contributed by atoms with Gasteiger partial charge in [-0.1, -0.05) is 11.6 Å². The fourth-order valence-corrected chi connectivity index (χ4v) is 4.22. The average molecular weight is 394 g/mol. The first kappa shape index (κ1) is 18.9. The molecule has 1 fully saturated rings. The Hall–Kier alpha value is -2.39. The number of fused-ring (bicyclic) bond motifs is 1. The molecule has 3 aromatic rings. The van der Waals surface area contributed by atoms with E-state index in [1.807, 2.05) is 42.2 Å². The second kappa shape index (κ2) is 7.92. The third-order valence-electron chi connectivity index (χ3n) is 5.66. The maximum absolute atomic E-state index is 9.79. The van der Waals surface area contributed by atoms with E-state index in [9.17, 15) is 5.26 Å².